The van der Waals surface area contributed by atoms with Gasteiger partial charge in [0, 0.05) is 23.7 Å². The van der Waals surface area contributed by atoms with Crippen molar-refractivity contribution in [2.75, 3.05) is 0 Å². The molecule has 0 spiro atoms. The molecule has 0 saturated carbocycles. The Morgan fingerprint density at radius 2 is 1.57 bits per heavy atom. The third kappa shape index (κ3) is 3.86. The van der Waals surface area contributed by atoms with Gasteiger partial charge < -0.3 is 15.8 Å². The zero-order valence-corrected chi connectivity index (χ0v) is 19.3. The molecule has 0 fully saturated rings. The Balaban J connectivity index is 1.23. The standard InChI is InChI=1S/C29H20F3N3O2/c30-17-4-8-18(25(32)12-17)15-2-6-19-22(10-15)27-23-11-16(3-7-20(23)26(19)37-27)29(36)35-13-14-1-5-21(28(33)34)24(31)9-14/h1-12,26-27H,13H2,(H3,33,34)(H,35,36)/t26-,27+/m0/s1. The van der Waals surface area contributed by atoms with Crippen LogP contribution in [-0.2, 0) is 11.3 Å². The molecule has 6 rings (SSSR count). The molecule has 4 N–H and O–H groups in total. The van der Waals surface area contributed by atoms with Gasteiger partial charge in [0.1, 0.15) is 35.5 Å². The molecule has 2 bridgehead atoms. The van der Waals surface area contributed by atoms with Gasteiger partial charge in [-0.1, -0.05) is 24.3 Å². The van der Waals surface area contributed by atoms with Crippen molar-refractivity contribution in [3.63, 3.8) is 0 Å². The molecule has 2 aliphatic heterocycles. The van der Waals surface area contributed by atoms with Crippen molar-refractivity contribution in [3.8, 4) is 11.1 Å². The van der Waals surface area contributed by atoms with E-state index in [-0.39, 0.29) is 30.0 Å². The fraction of sp³-hybridized carbons (Fsp3) is 0.103. The maximum absolute atomic E-state index is 14.4. The Kier molecular flexibility index (Phi) is 5.35. The largest absolute Gasteiger partial charge is 0.384 e. The zero-order valence-electron chi connectivity index (χ0n) is 19.3. The number of nitrogens with two attached hydrogens (primary N) is 1. The molecule has 0 aromatic heterocycles. The second kappa shape index (κ2) is 8.60. The summed E-state index contributed by atoms with van der Waals surface area (Å²) < 4.78 is 48.0. The van der Waals surface area contributed by atoms with Gasteiger partial charge in [0.15, 0.2) is 0 Å². The van der Waals surface area contributed by atoms with Crippen molar-refractivity contribution in [2.45, 2.75) is 18.8 Å². The number of fused-ring (bicyclic) bond motifs is 8. The van der Waals surface area contributed by atoms with Crippen molar-refractivity contribution in [3.05, 3.63) is 129 Å². The van der Waals surface area contributed by atoms with Gasteiger partial charge in [0.2, 0.25) is 0 Å². The van der Waals surface area contributed by atoms with E-state index in [1.165, 1.54) is 24.3 Å². The van der Waals surface area contributed by atoms with E-state index in [1.54, 1.807) is 24.3 Å². The highest BCUT2D eigenvalue weighted by Gasteiger charge is 2.43. The van der Waals surface area contributed by atoms with E-state index in [2.05, 4.69) is 5.32 Å². The van der Waals surface area contributed by atoms with Crippen LogP contribution in [0.5, 0.6) is 0 Å². The van der Waals surface area contributed by atoms with Gasteiger partial charge in [-0.3, -0.25) is 10.2 Å². The zero-order chi connectivity index (χ0) is 25.8. The van der Waals surface area contributed by atoms with Crippen LogP contribution in [0.15, 0.2) is 72.8 Å². The third-order valence-electron chi connectivity index (χ3n) is 6.86. The molecule has 2 aliphatic rings. The summed E-state index contributed by atoms with van der Waals surface area (Å²) in [6.07, 6.45) is -0.679. The van der Waals surface area contributed by atoms with Crippen molar-refractivity contribution >= 4 is 11.7 Å². The molecule has 0 radical (unpaired) electrons. The summed E-state index contributed by atoms with van der Waals surface area (Å²) >= 11 is 0. The highest BCUT2D eigenvalue weighted by molar-refractivity contribution is 5.95. The molecule has 0 saturated heterocycles. The quantitative estimate of drug-likeness (QED) is 0.250. The third-order valence-corrected chi connectivity index (χ3v) is 6.86. The molecular formula is C29H20F3N3O2. The Labute approximate surface area is 210 Å². The average molecular weight is 499 g/mol. The van der Waals surface area contributed by atoms with Crippen LogP contribution in [0.2, 0.25) is 0 Å². The van der Waals surface area contributed by atoms with Crippen LogP contribution in [-0.4, -0.2) is 11.7 Å². The Hall–Kier alpha value is -4.43. The van der Waals surface area contributed by atoms with Gasteiger partial charge in [-0.05, 0) is 75.8 Å². The van der Waals surface area contributed by atoms with Crippen molar-refractivity contribution in [1.82, 2.24) is 5.32 Å². The number of carbonyl (C=O) groups excluding carboxylic acids is 1. The number of rotatable bonds is 5. The van der Waals surface area contributed by atoms with E-state index in [4.69, 9.17) is 15.9 Å². The van der Waals surface area contributed by atoms with E-state index in [0.717, 1.165) is 28.3 Å². The van der Waals surface area contributed by atoms with E-state index < -0.39 is 23.6 Å². The fourth-order valence-corrected chi connectivity index (χ4v) is 5.05. The van der Waals surface area contributed by atoms with Crippen molar-refractivity contribution < 1.29 is 22.7 Å². The second-order valence-electron chi connectivity index (χ2n) is 9.12. The lowest BCUT2D eigenvalue weighted by atomic mass is 9.83. The van der Waals surface area contributed by atoms with Crippen LogP contribution in [0.1, 0.15) is 55.9 Å². The molecule has 4 aromatic carbocycles. The summed E-state index contributed by atoms with van der Waals surface area (Å²) in [5.41, 5.74) is 10.9. The lowest BCUT2D eigenvalue weighted by molar-refractivity contribution is 0.0857. The number of nitrogen functional groups attached to an aromatic ring is 1. The summed E-state index contributed by atoms with van der Waals surface area (Å²) in [5, 5.41) is 10.2. The second-order valence-corrected chi connectivity index (χ2v) is 9.12. The number of nitrogens with one attached hydrogen (secondary N) is 2. The fourth-order valence-electron chi connectivity index (χ4n) is 5.05. The molecule has 4 aromatic rings. The van der Waals surface area contributed by atoms with Crippen LogP contribution in [0.25, 0.3) is 11.1 Å². The summed E-state index contributed by atoms with van der Waals surface area (Å²) in [7, 11) is 0. The number of amidine groups is 1. The van der Waals surface area contributed by atoms with Gasteiger partial charge >= 0.3 is 0 Å². The summed E-state index contributed by atoms with van der Waals surface area (Å²) in [6.45, 7) is 0.100. The number of carbonyl (C=O) groups is 1. The monoisotopic (exact) mass is 499 g/mol. The van der Waals surface area contributed by atoms with Gasteiger partial charge in [-0.2, -0.15) is 0 Å². The number of hydrogen-bond donors (Lipinski definition) is 3. The van der Waals surface area contributed by atoms with Crippen LogP contribution in [0, 0.1) is 22.9 Å². The Bertz CT molecular complexity index is 1620. The lowest BCUT2D eigenvalue weighted by Crippen LogP contribution is -2.23. The molecule has 2 heterocycles. The van der Waals surface area contributed by atoms with Crippen LogP contribution in [0.4, 0.5) is 13.2 Å². The van der Waals surface area contributed by atoms with Gasteiger partial charge in [-0.25, -0.2) is 13.2 Å². The van der Waals surface area contributed by atoms with E-state index >= 15 is 0 Å². The first kappa shape index (κ1) is 23.0. The van der Waals surface area contributed by atoms with E-state index in [0.29, 0.717) is 22.3 Å². The number of hydrogen-bond acceptors (Lipinski definition) is 3. The van der Waals surface area contributed by atoms with Crippen molar-refractivity contribution in [1.29, 1.82) is 5.41 Å². The van der Waals surface area contributed by atoms with Gasteiger partial charge in [-0.15, -0.1) is 0 Å². The normalized spacial score (nSPS) is 16.8. The number of benzene rings is 4. The molecule has 2 atom stereocenters. The van der Waals surface area contributed by atoms with E-state index in [1.807, 2.05) is 18.2 Å². The molecule has 1 amide bonds. The molecule has 0 aliphatic carbocycles. The molecular weight excluding hydrogens is 479 g/mol. The summed E-state index contributed by atoms with van der Waals surface area (Å²) in [6, 6.07) is 18.7. The number of ether oxygens (including phenoxy) is 1. The molecule has 0 unspecified atom stereocenters. The molecule has 184 valence electrons. The minimum absolute atomic E-state index is 0.00866. The van der Waals surface area contributed by atoms with Crippen molar-refractivity contribution in [2.24, 2.45) is 5.73 Å². The van der Waals surface area contributed by atoms with E-state index in [9.17, 15) is 18.0 Å². The smallest absolute Gasteiger partial charge is 0.251 e. The van der Waals surface area contributed by atoms with Crippen LogP contribution < -0.4 is 11.1 Å². The maximum Gasteiger partial charge on any atom is 0.251 e. The molecule has 5 nitrogen and oxygen atoms in total. The summed E-state index contributed by atoms with van der Waals surface area (Å²) in [4.78, 5) is 12.9. The van der Waals surface area contributed by atoms with Crippen LogP contribution >= 0.6 is 0 Å². The predicted octanol–water partition coefficient (Wildman–Crippen LogP) is 5.51. The summed E-state index contributed by atoms with van der Waals surface area (Å²) in [5.74, 6) is -2.59. The Morgan fingerprint density at radius 1 is 0.838 bits per heavy atom. The van der Waals surface area contributed by atoms with Gasteiger partial charge in [0.25, 0.3) is 5.91 Å². The van der Waals surface area contributed by atoms with Crippen LogP contribution in [0.3, 0.4) is 0 Å². The highest BCUT2D eigenvalue weighted by Crippen LogP contribution is 2.54. The topological polar surface area (TPSA) is 88.2 Å². The minimum Gasteiger partial charge on any atom is -0.384 e. The first-order chi connectivity index (χ1) is 17.8. The highest BCUT2D eigenvalue weighted by atomic mass is 19.1. The SMILES string of the molecule is N=C(N)c1ccc(CNC(=O)c2ccc3c(c2)[C@@H]2O[C@H]3c3ccc(-c4ccc(F)cc4F)cc32)cc1F. The average Bonchev–Trinajstić information content (AvgIpc) is 3.44. The first-order valence-corrected chi connectivity index (χ1v) is 11.6. The predicted molar refractivity (Wildman–Crippen MR) is 132 cm³/mol. The Morgan fingerprint density at radius 3 is 2.30 bits per heavy atom. The minimum atomic E-state index is -0.640. The number of halogens is 3. The molecule has 37 heavy (non-hydrogen) atoms. The first-order valence-electron chi connectivity index (χ1n) is 11.6. The lowest BCUT2D eigenvalue weighted by Gasteiger charge is -2.18. The van der Waals surface area contributed by atoms with Gasteiger partial charge in [0.05, 0.1) is 5.56 Å². The molecule has 8 heteroatoms. The number of amides is 1. The maximum atomic E-state index is 14.4.